The van der Waals surface area contributed by atoms with E-state index in [0.717, 1.165) is 16.6 Å². The van der Waals surface area contributed by atoms with Crippen LogP contribution in [0.5, 0.6) is 0 Å². The Kier molecular flexibility index (Phi) is 3.21. The molecule has 0 atom stereocenters. The minimum atomic E-state index is -0.851. The van der Waals surface area contributed by atoms with Crippen molar-refractivity contribution in [3.8, 4) is 11.3 Å². The summed E-state index contributed by atoms with van der Waals surface area (Å²) < 4.78 is 5.31. The summed E-state index contributed by atoms with van der Waals surface area (Å²) in [5.74, 6) is -0.397. The molecular formula is C16H13NO3. The van der Waals surface area contributed by atoms with Crippen LogP contribution in [0.3, 0.4) is 0 Å². The summed E-state index contributed by atoms with van der Waals surface area (Å²) in [6.45, 7) is 0. The highest BCUT2D eigenvalue weighted by atomic mass is 16.4. The Hall–Kier alpha value is -2.62. The number of hydrogen-bond donors (Lipinski definition) is 1. The quantitative estimate of drug-likeness (QED) is 0.785. The summed E-state index contributed by atoms with van der Waals surface area (Å²) in [5, 5.41) is 11.0. The Balaban J connectivity index is 1.89. The number of carbonyl (C=O) groups is 1. The summed E-state index contributed by atoms with van der Waals surface area (Å²) in [6.07, 6.45) is 1.90. The van der Waals surface area contributed by atoms with E-state index in [2.05, 4.69) is 11.1 Å². The number of hydrogen-bond acceptors (Lipinski definition) is 3. The van der Waals surface area contributed by atoms with Gasteiger partial charge in [-0.15, -0.1) is 0 Å². The van der Waals surface area contributed by atoms with Crippen molar-refractivity contribution in [3.63, 3.8) is 0 Å². The SMILES string of the molecule is O=C(O)CCc1nc(-c2ccc3ccccc3c2)co1. The van der Waals surface area contributed by atoms with E-state index in [9.17, 15) is 4.79 Å². The maximum Gasteiger partial charge on any atom is 0.303 e. The van der Waals surface area contributed by atoms with Gasteiger partial charge < -0.3 is 9.52 Å². The van der Waals surface area contributed by atoms with Crippen molar-refractivity contribution >= 4 is 16.7 Å². The highest BCUT2D eigenvalue weighted by Crippen LogP contribution is 2.24. The van der Waals surface area contributed by atoms with Crippen molar-refractivity contribution in [1.82, 2.24) is 4.98 Å². The number of oxazole rings is 1. The zero-order valence-electron chi connectivity index (χ0n) is 10.7. The van der Waals surface area contributed by atoms with Gasteiger partial charge in [0.05, 0.1) is 6.42 Å². The molecule has 3 rings (SSSR count). The van der Waals surface area contributed by atoms with Gasteiger partial charge in [-0.3, -0.25) is 4.79 Å². The molecule has 0 spiro atoms. The molecule has 100 valence electrons. The van der Waals surface area contributed by atoms with Crippen LogP contribution in [-0.2, 0) is 11.2 Å². The largest absolute Gasteiger partial charge is 0.481 e. The topological polar surface area (TPSA) is 63.3 Å². The third-order valence-corrected chi connectivity index (χ3v) is 3.15. The molecule has 0 fully saturated rings. The number of rotatable bonds is 4. The number of carboxylic acid groups (broad SMARTS) is 1. The molecule has 4 nitrogen and oxygen atoms in total. The number of nitrogens with zero attached hydrogens (tertiary/aromatic N) is 1. The lowest BCUT2D eigenvalue weighted by Crippen LogP contribution is -1.97. The molecule has 0 aliphatic rings. The Morgan fingerprint density at radius 2 is 1.95 bits per heavy atom. The van der Waals surface area contributed by atoms with Gasteiger partial charge in [0.2, 0.25) is 0 Å². The lowest BCUT2D eigenvalue weighted by atomic mass is 10.1. The maximum atomic E-state index is 10.5. The van der Waals surface area contributed by atoms with Crippen molar-refractivity contribution in [3.05, 3.63) is 54.6 Å². The van der Waals surface area contributed by atoms with Gasteiger partial charge >= 0.3 is 5.97 Å². The summed E-state index contributed by atoms with van der Waals surface area (Å²) in [7, 11) is 0. The van der Waals surface area contributed by atoms with Crippen molar-refractivity contribution in [2.24, 2.45) is 0 Å². The monoisotopic (exact) mass is 267 g/mol. The molecule has 0 amide bonds. The van der Waals surface area contributed by atoms with Crippen LogP contribution in [0, 0.1) is 0 Å². The van der Waals surface area contributed by atoms with Crippen LogP contribution in [0.4, 0.5) is 0 Å². The van der Waals surface area contributed by atoms with Crippen molar-refractivity contribution in [2.45, 2.75) is 12.8 Å². The maximum absolute atomic E-state index is 10.5. The summed E-state index contributed by atoms with van der Waals surface area (Å²) in [4.78, 5) is 14.9. The van der Waals surface area contributed by atoms with Crippen molar-refractivity contribution in [1.29, 1.82) is 0 Å². The zero-order valence-corrected chi connectivity index (χ0v) is 10.7. The van der Waals surface area contributed by atoms with Crippen LogP contribution in [0.2, 0.25) is 0 Å². The standard InChI is InChI=1S/C16H13NO3/c18-16(19)8-7-15-17-14(10-20-15)13-6-5-11-3-1-2-4-12(11)9-13/h1-6,9-10H,7-8H2,(H,18,19). The van der Waals surface area contributed by atoms with Crippen molar-refractivity contribution in [2.75, 3.05) is 0 Å². The van der Waals surface area contributed by atoms with Crippen LogP contribution >= 0.6 is 0 Å². The molecule has 1 aromatic heterocycles. The fourth-order valence-electron chi connectivity index (χ4n) is 2.12. The lowest BCUT2D eigenvalue weighted by Gasteiger charge is -2.00. The van der Waals surface area contributed by atoms with Gasteiger partial charge in [0, 0.05) is 12.0 Å². The minimum absolute atomic E-state index is 0.0255. The first-order valence-electron chi connectivity index (χ1n) is 6.38. The molecular weight excluding hydrogens is 254 g/mol. The third kappa shape index (κ3) is 2.54. The fraction of sp³-hybridized carbons (Fsp3) is 0.125. The molecule has 0 saturated heterocycles. The summed E-state index contributed by atoms with van der Waals surface area (Å²) in [5.41, 5.74) is 1.70. The third-order valence-electron chi connectivity index (χ3n) is 3.15. The van der Waals surface area contributed by atoms with Gasteiger partial charge in [-0.1, -0.05) is 36.4 Å². The number of benzene rings is 2. The molecule has 20 heavy (non-hydrogen) atoms. The number of fused-ring (bicyclic) bond motifs is 1. The van der Waals surface area contributed by atoms with E-state index in [1.807, 2.05) is 36.4 Å². The van der Waals surface area contributed by atoms with Gasteiger partial charge in [-0.05, 0) is 16.8 Å². The Labute approximate surface area is 115 Å². The van der Waals surface area contributed by atoms with E-state index < -0.39 is 5.97 Å². The predicted octanol–water partition coefficient (Wildman–Crippen LogP) is 3.51. The molecule has 1 N–H and O–H groups in total. The Morgan fingerprint density at radius 1 is 1.15 bits per heavy atom. The van der Waals surface area contributed by atoms with Crippen LogP contribution in [-0.4, -0.2) is 16.1 Å². The van der Waals surface area contributed by atoms with Gasteiger partial charge in [-0.2, -0.15) is 0 Å². The van der Waals surface area contributed by atoms with Gasteiger partial charge in [-0.25, -0.2) is 4.98 Å². The minimum Gasteiger partial charge on any atom is -0.481 e. The molecule has 0 aliphatic heterocycles. The molecule has 0 saturated carbocycles. The number of aromatic nitrogens is 1. The van der Waals surface area contributed by atoms with E-state index in [-0.39, 0.29) is 6.42 Å². The Bertz CT molecular complexity index is 761. The van der Waals surface area contributed by atoms with Gasteiger partial charge in [0.25, 0.3) is 0 Å². The van der Waals surface area contributed by atoms with E-state index in [1.165, 1.54) is 5.39 Å². The molecule has 1 heterocycles. The molecule has 3 aromatic rings. The first kappa shape index (κ1) is 12.4. The molecule has 0 bridgehead atoms. The number of aliphatic carboxylic acids is 1. The normalized spacial score (nSPS) is 10.8. The number of aryl methyl sites for hydroxylation is 1. The van der Waals surface area contributed by atoms with Crippen LogP contribution < -0.4 is 0 Å². The fourth-order valence-corrected chi connectivity index (χ4v) is 2.12. The predicted molar refractivity (Wildman–Crippen MR) is 75.4 cm³/mol. The summed E-state index contributed by atoms with van der Waals surface area (Å²) in [6, 6.07) is 14.2. The van der Waals surface area contributed by atoms with Crippen LogP contribution in [0.1, 0.15) is 12.3 Å². The zero-order chi connectivity index (χ0) is 13.9. The van der Waals surface area contributed by atoms with E-state index in [1.54, 1.807) is 6.26 Å². The summed E-state index contributed by atoms with van der Waals surface area (Å²) >= 11 is 0. The Morgan fingerprint density at radius 3 is 2.75 bits per heavy atom. The smallest absolute Gasteiger partial charge is 0.303 e. The highest BCUT2D eigenvalue weighted by molar-refractivity contribution is 5.86. The van der Waals surface area contributed by atoms with Crippen LogP contribution in [0.15, 0.2) is 53.1 Å². The second-order valence-electron chi connectivity index (χ2n) is 4.58. The van der Waals surface area contributed by atoms with E-state index in [4.69, 9.17) is 9.52 Å². The first-order chi connectivity index (χ1) is 9.72. The van der Waals surface area contributed by atoms with E-state index in [0.29, 0.717) is 12.3 Å². The van der Waals surface area contributed by atoms with Gasteiger partial charge in [0.1, 0.15) is 12.0 Å². The van der Waals surface area contributed by atoms with E-state index >= 15 is 0 Å². The average Bonchev–Trinajstić information content (AvgIpc) is 2.93. The average molecular weight is 267 g/mol. The second-order valence-corrected chi connectivity index (χ2v) is 4.58. The van der Waals surface area contributed by atoms with Crippen molar-refractivity contribution < 1.29 is 14.3 Å². The highest BCUT2D eigenvalue weighted by Gasteiger charge is 2.08. The molecule has 2 aromatic carbocycles. The second kappa shape index (κ2) is 5.17. The first-order valence-corrected chi connectivity index (χ1v) is 6.38. The molecule has 4 heteroatoms. The molecule has 0 radical (unpaired) electrons. The van der Waals surface area contributed by atoms with Gasteiger partial charge in [0.15, 0.2) is 5.89 Å². The number of carboxylic acids is 1. The van der Waals surface area contributed by atoms with Crippen LogP contribution in [0.25, 0.3) is 22.0 Å². The molecule has 0 unspecified atom stereocenters. The lowest BCUT2D eigenvalue weighted by molar-refractivity contribution is -0.137. The molecule has 0 aliphatic carbocycles.